The van der Waals surface area contributed by atoms with Crippen LogP contribution in [0, 0.1) is 5.92 Å². The number of aliphatic hydroxyl groups is 1. The summed E-state index contributed by atoms with van der Waals surface area (Å²) in [5.41, 5.74) is 1.11. The van der Waals surface area contributed by atoms with Crippen molar-refractivity contribution in [1.82, 2.24) is 0 Å². The fourth-order valence-electron chi connectivity index (χ4n) is 2.80. The monoisotopic (exact) mass is 264 g/mol. The van der Waals surface area contributed by atoms with E-state index in [1.54, 1.807) is 0 Å². The SMILES string of the molecule is CCC[C@@H]1OC(C)(C)O[C@H](c2ccccc2)[C@H]1CO. The third-order valence-corrected chi connectivity index (χ3v) is 3.62. The highest BCUT2D eigenvalue weighted by molar-refractivity contribution is 5.19. The average molecular weight is 264 g/mol. The quantitative estimate of drug-likeness (QED) is 0.907. The first-order valence-electron chi connectivity index (χ1n) is 7.09. The van der Waals surface area contributed by atoms with E-state index in [1.165, 1.54) is 0 Å². The molecule has 3 atom stereocenters. The van der Waals surface area contributed by atoms with E-state index in [1.807, 2.05) is 32.0 Å². The zero-order valence-corrected chi connectivity index (χ0v) is 12.0. The molecule has 1 N–H and O–H groups in total. The van der Waals surface area contributed by atoms with E-state index in [4.69, 9.17) is 9.47 Å². The lowest BCUT2D eigenvalue weighted by Gasteiger charge is -2.45. The lowest BCUT2D eigenvalue weighted by atomic mass is 9.87. The summed E-state index contributed by atoms with van der Waals surface area (Å²) in [6.45, 7) is 6.11. The van der Waals surface area contributed by atoms with Gasteiger partial charge in [-0.05, 0) is 25.8 Å². The number of aliphatic hydroxyl groups excluding tert-OH is 1. The van der Waals surface area contributed by atoms with Crippen molar-refractivity contribution in [3.8, 4) is 0 Å². The molecule has 0 spiro atoms. The third kappa shape index (κ3) is 3.35. The number of ether oxygens (including phenoxy) is 2. The topological polar surface area (TPSA) is 38.7 Å². The molecule has 3 heteroatoms. The third-order valence-electron chi connectivity index (χ3n) is 3.62. The van der Waals surface area contributed by atoms with Crippen molar-refractivity contribution < 1.29 is 14.6 Å². The Hall–Kier alpha value is -0.900. The second-order valence-corrected chi connectivity index (χ2v) is 5.64. The number of benzene rings is 1. The Bertz CT molecular complexity index is 388. The smallest absolute Gasteiger partial charge is 0.163 e. The maximum absolute atomic E-state index is 9.73. The van der Waals surface area contributed by atoms with Gasteiger partial charge in [0.25, 0.3) is 0 Å². The molecule has 1 heterocycles. The van der Waals surface area contributed by atoms with Gasteiger partial charge in [-0.1, -0.05) is 43.7 Å². The van der Waals surface area contributed by atoms with E-state index in [2.05, 4.69) is 19.1 Å². The average Bonchev–Trinajstić information content (AvgIpc) is 2.38. The molecule has 19 heavy (non-hydrogen) atoms. The van der Waals surface area contributed by atoms with Crippen LogP contribution < -0.4 is 0 Å². The van der Waals surface area contributed by atoms with Crippen LogP contribution in [0.5, 0.6) is 0 Å². The minimum absolute atomic E-state index is 0.00428. The molecule has 2 rings (SSSR count). The van der Waals surface area contributed by atoms with Crippen LogP contribution >= 0.6 is 0 Å². The molecule has 0 radical (unpaired) electrons. The Labute approximate surface area is 115 Å². The lowest BCUT2D eigenvalue weighted by Crippen LogP contribution is -2.48. The molecule has 1 aromatic carbocycles. The first kappa shape index (κ1) is 14.5. The summed E-state index contributed by atoms with van der Waals surface area (Å²) in [6.07, 6.45) is 1.93. The van der Waals surface area contributed by atoms with Crippen LogP contribution in [-0.2, 0) is 9.47 Å². The van der Waals surface area contributed by atoms with Crippen molar-refractivity contribution in [3.05, 3.63) is 35.9 Å². The zero-order valence-electron chi connectivity index (χ0n) is 12.0. The van der Waals surface area contributed by atoms with E-state index in [0.29, 0.717) is 0 Å². The van der Waals surface area contributed by atoms with Gasteiger partial charge in [0.05, 0.1) is 18.8 Å². The van der Waals surface area contributed by atoms with Gasteiger partial charge in [0.1, 0.15) is 0 Å². The summed E-state index contributed by atoms with van der Waals surface area (Å²) in [5, 5.41) is 9.73. The standard InChI is InChI=1S/C16H24O3/c1-4-8-14-13(11-17)15(19-16(2,3)18-14)12-9-6-5-7-10-12/h5-7,9-10,13-15,17H,4,8,11H2,1-3H3/t13-,14-,15+/m0/s1. The Morgan fingerprint density at radius 3 is 2.42 bits per heavy atom. The van der Waals surface area contributed by atoms with E-state index < -0.39 is 5.79 Å². The van der Waals surface area contributed by atoms with E-state index in [-0.39, 0.29) is 24.7 Å². The Kier molecular flexibility index (Phi) is 4.61. The van der Waals surface area contributed by atoms with Crippen LogP contribution in [0.25, 0.3) is 0 Å². The van der Waals surface area contributed by atoms with Gasteiger partial charge in [-0.3, -0.25) is 0 Å². The molecule has 1 fully saturated rings. The van der Waals surface area contributed by atoms with Crippen molar-refractivity contribution in [2.24, 2.45) is 5.92 Å². The molecule has 0 aromatic heterocycles. The van der Waals surface area contributed by atoms with Crippen molar-refractivity contribution >= 4 is 0 Å². The number of hydrogen-bond donors (Lipinski definition) is 1. The lowest BCUT2D eigenvalue weighted by molar-refractivity contribution is -0.328. The van der Waals surface area contributed by atoms with Crippen LogP contribution in [-0.4, -0.2) is 23.6 Å². The summed E-state index contributed by atoms with van der Waals surface area (Å²) in [4.78, 5) is 0. The normalized spacial score (nSPS) is 30.2. The van der Waals surface area contributed by atoms with Crippen LogP contribution in [0.15, 0.2) is 30.3 Å². The molecule has 106 valence electrons. The van der Waals surface area contributed by atoms with Gasteiger partial charge >= 0.3 is 0 Å². The van der Waals surface area contributed by atoms with Crippen LogP contribution in [0.4, 0.5) is 0 Å². The maximum atomic E-state index is 9.73. The minimum Gasteiger partial charge on any atom is -0.396 e. The molecular formula is C16H24O3. The molecule has 1 aliphatic rings. The predicted octanol–water partition coefficient (Wildman–Crippen LogP) is 3.29. The van der Waals surface area contributed by atoms with E-state index in [0.717, 1.165) is 18.4 Å². The van der Waals surface area contributed by atoms with Crippen LogP contribution in [0.3, 0.4) is 0 Å². The molecule has 0 amide bonds. The summed E-state index contributed by atoms with van der Waals surface area (Å²) in [6, 6.07) is 10.1. The molecule has 0 unspecified atom stereocenters. The summed E-state index contributed by atoms with van der Waals surface area (Å²) in [5.74, 6) is -0.609. The van der Waals surface area contributed by atoms with Crippen molar-refractivity contribution in [1.29, 1.82) is 0 Å². The number of hydrogen-bond acceptors (Lipinski definition) is 3. The minimum atomic E-state index is -0.605. The summed E-state index contributed by atoms with van der Waals surface area (Å²) >= 11 is 0. The predicted molar refractivity (Wildman–Crippen MR) is 74.7 cm³/mol. The molecule has 3 nitrogen and oxygen atoms in total. The van der Waals surface area contributed by atoms with Crippen LogP contribution in [0.1, 0.15) is 45.3 Å². The maximum Gasteiger partial charge on any atom is 0.163 e. The van der Waals surface area contributed by atoms with Gasteiger partial charge in [0, 0.05) is 5.92 Å². The zero-order chi connectivity index (χ0) is 13.9. The van der Waals surface area contributed by atoms with Gasteiger partial charge < -0.3 is 14.6 Å². The molecular weight excluding hydrogens is 240 g/mol. The fraction of sp³-hybridized carbons (Fsp3) is 0.625. The fourth-order valence-corrected chi connectivity index (χ4v) is 2.80. The highest BCUT2D eigenvalue weighted by atomic mass is 16.7. The Morgan fingerprint density at radius 1 is 1.16 bits per heavy atom. The van der Waals surface area contributed by atoms with Crippen molar-refractivity contribution in [2.75, 3.05) is 6.61 Å². The van der Waals surface area contributed by atoms with Gasteiger partial charge in [-0.15, -0.1) is 0 Å². The molecule has 0 aliphatic carbocycles. The highest BCUT2D eigenvalue weighted by Crippen LogP contribution is 2.41. The van der Waals surface area contributed by atoms with Crippen molar-refractivity contribution in [3.63, 3.8) is 0 Å². The van der Waals surface area contributed by atoms with Gasteiger partial charge in [0.2, 0.25) is 0 Å². The molecule has 1 saturated heterocycles. The summed E-state index contributed by atoms with van der Waals surface area (Å²) < 4.78 is 12.0. The second-order valence-electron chi connectivity index (χ2n) is 5.64. The molecule has 1 aliphatic heterocycles. The number of rotatable bonds is 4. The first-order valence-corrected chi connectivity index (χ1v) is 7.09. The van der Waals surface area contributed by atoms with E-state index >= 15 is 0 Å². The summed E-state index contributed by atoms with van der Waals surface area (Å²) in [7, 11) is 0. The second kappa shape index (κ2) is 6.04. The van der Waals surface area contributed by atoms with Gasteiger partial charge in [-0.2, -0.15) is 0 Å². The molecule has 1 aromatic rings. The molecule has 0 saturated carbocycles. The van der Waals surface area contributed by atoms with Crippen LogP contribution in [0.2, 0.25) is 0 Å². The highest BCUT2D eigenvalue weighted by Gasteiger charge is 2.42. The van der Waals surface area contributed by atoms with Gasteiger partial charge in [-0.25, -0.2) is 0 Å². The first-order chi connectivity index (χ1) is 9.07. The largest absolute Gasteiger partial charge is 0.396 e. The van der Waals surface area contributed by atoms with E-state index in [9.17, 15) is 5.11 Å². The Balaban J connectivity index is 2.28. The molecule has 0 bridgehead atoms. The Morgan fingerprint density at radius 2 is 1.84 bits per heavy atom. The van der Waals surface area contributed by atoms with Gasteiger partial charge in [0.15, 0.2) is 5.79 Å². The van der Waals surface area contributed by atoms with Crippen molar-refractivity contribution in [2.45, 2.75) is 51.6 Å².